The highest BCUT2D eigenvalue weighted by Gasteiger charge is 2.07. The third-order valence-electron chi connectivity index (χ3n) is 5.65. The van der Waals surface area contributed by atoms with Gasteiger partial charge in [0.25, 0.3) is 0 Å². The van der Waals surface area contributed by atoms with E-state index in [9.17, 15) is 0 Å². The fourth-order valence-electron chi connectivity index (χ4n) is 3.76. The van der Waals surface area contributed by atoms with Gasteiger partial charge < -0.3 is 0 Å². The molecule has 0 bridgehead atoms. The number of aromatic nitrogens is 2. The summed E-state index contributed by atoms with van der Waals surface area (Å²) in [4.78, 5) is 10.2. The number of benzene rings is 1. The molecule has 0 spiro atoms. The lowest BCUT2D eigenvalue weighted by atomic mass is 10.0. The van der Waals surface area contributed by atoms with Crippen LogP contribution in [0.4, 0.5) is 0 Å². The molecule has 0 aliphatic rings. The summed E-state index contributed by atoms with van der Waals surface area (Å²) in [6.45, 7) is 4.53. The number of hydrogen-bond acceptors (Lipinski definition) is 3. The summed E-state index contributed by atoms with van der Waals surface area (Å²) in [5, 5.41) is 0. The van der Waals surface area contributed by atoms with Gasteiger partial charge in [-0.05, 0) is 48.9 Å². The number of nitrogens with zero attached hydrogens (tertiary/aromatic N) is 2. The van der Waals surface area contributed by atoms with E-state index in [0.29, 0.717) is 0 Å². The summed E-state index contributed by atoms with van der Waals surface area (Å²) in [5.74, 6) is 0.785. The predicted molar refractivity (Wildman–Crippen MR) is 129 cm³/mol. The van der Waals surface area contributed by atoms with Crippen LogP contribution < -0.4 is 0 Å². The van der Waals surface area contributed by atoms with E-state index in [1.54, 1.807) is 0 Å². The summed E-state index contributed by atoms with van der Waals surface area (Å²) in [7, 11) is 0. The number of rotatable bonds is 15. The maximum absolute atomic E-state index is 4.71. The van der Waals surface area contributed by atoms with Crippen molar-refractivity contribution in [1.29, 1.82) is 0 Å². The lowest BCUT2D eigenvalue weighted by molar-refractivity contribution is 0.589. The highest BCUT2D eigenvalue weighted by Crippen LogP contribution is 2.25. The van der Waals surface area contributed by atoms with E-state index in [-0.39, 0.29) is 0 Å². The van der Waals surface area contributed by atoms with Crippen LogP contribution in [0.5, 0.6) is 0 Å². The molecule has 2 nitrogen and oxygen atoms in total. The van der Waals surface area contributed by atoms with Crippen LogP contribution in [0.3, 0.4) is 0 Å². The average Bonchev–Trinajstić information content (AvgIpc) is 2.74. The number of unbranched alkanes of at least 4 members (excludes halogenated alkanes) is 10. The van der Waals surface area contributed by atoms with Crippen molar-refractivity contribution in [2.24, 2.45) is 0 Å². The van der Waals surface area contributed by atoms with Gasteiger partial charge in [-0.15, -0.1) is 12.6 Å². The predicted octanol–water partition coefficient (Wildman–Crippen LogP) is 8.24. The normalized spacial score (nSPS) is 11.1. The fourth-order valence-corrected chi connectivity index (χ4v) is 4.10. The zero-order chi connectivity index (χ0) is 20.7. The van der Waals surface area contributed by atoms with E-state index < -0.39 is 0 Å². The minimum Gasteiger partial charge on any atom is -0.236 e. The molecule has 1 aromatic heterocycles. The Labute approximate surface area is 184 Å². The van der Waals surface area contributed by atoms with Gasteiger partial charge in [-0.25, -0.2) is 9.97 Å². The first-order valence-corrected chi connectivity index (χ1v) is 12.3. The standard InChI is InChI=1S/C26H40N2S/c1-3-5-7-9-10-12-14-16-23-20-27-26(28-21-23)24-18-17-22(19-25(24)29)15-13-11-8-6-4-2/h17-21,29H,3-16H2,1-2H3. The molecule has 1 heterocycles. The van der Waals surface area contributed by atoms with Crippen LogP contribution in [0.25, 0.3) is 11.4 Å². The van der Waals surface area contributed by atoms with Crippen molar-refractivity contribution in [2.75, 3.05) is 0 Å². The number of thiol groups is 1. The van der Waals surface area contributed by atoms with Crippen molar-refractivity contribution in [3.63, 3.8) is 0 Å². The lowest BCUT2D eigenvalue weighted by Gasteiger charge is -2.08. The average molecular weight is 413 g/mol. The second kappa shape index (κ2) is 14.6. The highest BCUT2D eigenvalue weighted by atomic mass is 32.1. The molecule has 1 aromatic carbocycles. The second-order valence-electron chi connectivity index (χ2n) is 8.30. The van der Waals surface area contributed by atoms with Crippen molar-refractivity contribution in [1.82, 2.24) is 9.97 Å². The molecule has 0 N–H and O–H groups in total. The first-order chi connectivity index (χ1) is 14.2. The van der Waals surface area contributed by atoms with Crippen LogP contribution in [0.1, 0.15) is 102 Å². The molecule has 0 radical (unpaired) electrons. The summed E-state index contributed by atoms with van der Waals surface area (Å²) in [6, 6.07) is 6.54. The van der Waals surface area contributed by atoms with Gasteiger partial charge in [0.1, 0.15) is 0 Å². The largest absolute Gasteiger partial charge is 0.236 e. The van der Waals surface area contributed by atoms with Crippen molar-refractivity contribution in [3.05, 3.63) is 41.7 Å². The number of hydrogen-bond donors (Lipinski definition) is 1. The Morgan fingerprint density at radius 1 is 0.655 bits per heavy atom. The molecule has 0 aliphatic carbocycles. The van der Waals surface area contributed by atoms with E-state index in [4.69, 9.17) is 12.6 Å². The van der Waals surface area contributed by atoms with Gasteiger partial charge in [-0.1, -0.05) is 84.1 Å². The van der Waals surface area contributed by atoms with Gasteiger partial charge in [0, 0.05) is 22.9 Å². The minimum absolute atomic E-state index is 0.785. The molecule has 0 saturated carbocycles. The molecular weight excluding hydrogens is 372 g/mol. The van der Waals surface area contributed by atoms with Gasteiger partial charge >= 0.3 is 0 Å². The molecule has 0 unspecified atom stereocenters. The summed E-state index contributed by atoms with van der Waals surface area (Å²) in [5.41, 5.74) is 3.64. The van der Waals surface area contributed by atoms with Crippen LogP contribution >= 0.6 is 12.6 Å². The third kappa shape index (κ3) is 9.33. The van der Waals surface area contributed by atoms with E-state index >= 15 is 0 Å². The molecule has 29 heavy (non-hydrogen) atoms. The van der Waals surface area contributed by atoms with Crippen LogP contribution in [0.2, 0.25) is 0 Å². The highest BCUT2D eigenvalue weighted by molar-refractivity contribution is 7.80. The molecule has 0 saturated heterocycles. The van der Waals surface area contributed by atoms with E-state index in [1.807, 2.05) is 12.4 Å². The summed E-state index contributed by atoms with van der Waals surface area (Å²) >= 11 is 4.71. The van der Waals surface area contributed by atoms with Crippen LogP contribution in [0.15, 0.2) is 35.5 Å². The molecule has 0 aliphatic heterocycles. The molecule has 2 aromatic rings. The maximum Gasteiger partial charge on any atom is 0.160 e. The fraction of sp³-hybridized carbons (Fsp3) is 0.615. The Kier molecular flexibility index (Phi) is 12.0. The van der Waals surface area contributed by atoms with E-state index in [2.05, 4.69) is 42.0 Å². The van der Waals surface area contributed by atoms with Crippen molar-refractivity contribution in [2.45, 2.75) is 109 Å². The Bertz CT molecular complexity index is 682. The van der Waals surface area contributed by atoms with Gasteiger partial charge in [0.15, 0.2) is 5.82 Å². The van der Waals surface area contributed by atoms with Crippen molar-refractivity contribution < 1.29 is 0 Å². The molecular formula is C26H40N2S. The monoisotopic (exact) mass is 412 g/mol. The molecule has 0 amide bonds. The maximum atomic E-state index is 4.71. The Balaban J connectivity index is 1.78. The SMILES string of the molecule is CCCCCCCCCc1cnc(-c2ccc(CCCCCCC)cc2S)nc1. The first-order valence-electron chi connectivity index (χ1n) is 11.9. The van der Waals surface area contributed by atoms with Gasteiger partial charge in [0.05, 0.1) is 0 Å². The van der Waals surface area contributed by atoms with Crippen molar-refractivity contribution in [3.8, 4) is 11.4 Å². The Morgan fingerprint density at radius 2 is 1.17 bits per heavy atom. The number of aryl methyl sites for hydroxylation is 2. The van der Waals surface area contributed by atoms with Gasteiger partial charge in [-0.2, -0.15) is 0 Å². The van der Waals surface area contributed by atoms with Gasteiger partial charge in [-0.3, -0.25) is 0 Å². The Morgan fingerprint density at radius 3 is 1.72 bits per heavy atom. The molecule has 0 atom stereocenters. The van der Waals surface area contributed by atoms with Gasteiger partial charge in [0.2, 0.25) is 0 Å². The smallest absolute Gasteiger partial charge is 0.160 e. The minimum atomic E-state index is 0.785. The van der Waals surface area contributed by atoms with Crippen LogP contribution in [0, 0.1) is 0 Å². The van der Waals surface area contributed by atoms with Crippen molar-refractivity contribution >= 4 is 12.6 Å². The second-order valence-corrected chi connectivity index (χ2v) is 8.78. The lowest BCUT2D eigenvalue weighted by Crippen LogP contribution is -1.95. The zero-order valence-corrected chi connectivity index (χ0v) is 19.5. The van der Waals surface area contributed by atoms with E-state index in [0.717, 1.165) is 29.1 Å². The van der Waals surface area contributed by atoms with Crippen LogP contribution in [-0.2, 0) is 12.8 Å². The Hall–Kier alpha value is -1.35. The molecule has 160 valence electrons. The summed E-state index contributed by atoms with van der Waals surface area (Å²) < 4.78 is 0. The first kappa shape index (κ1) is 23.9. The molecule has 2 rings (SSSR count). The van der Waals surface area contributed by atoms with Crippen LogP contribution in [-0.4, -0.2) is 9.97 Å². The topological polar surface area (TPSA) is 25.8 Å². The quantitative estimate of drug-likeness (QED) is 0.235. The molecule has 3 heteroatoms. The molecule has 0 fully saturated rings. The van der Waals surface area contributed by atoms with E-state index in [1.165, 1.54) is 88.2 Å². The zero-order valence-electron chi connectivity index (χ0n) is 18.6. The summed E-state index contributed by atoms with van der Waals surface area (Å²) in [6.07, 6.45) is 22.1. The third-order valence-corrected chi connectivity index (χ3v) is 6.02.